The number of aryl methyl sites for hydroxylation is 1. The minimum atomic E-state index is -1.79. The quantitative estimate of drug-likeness (QED) is 0.415. The van der Waals surface area contributed by atoms with Gasteiger partial charge in [0.1, 0.15) is 11.4 Å². The lowest BCUT2D eigenvalue weighted by Crippen LogP contribution is -2.37. The van der Waals surface area contributed by atoms with Gasteiger partial charge in [-0.15, -0.1) is 0 Å². The van der Waals surface area contributed by atoms with Crippen molar-refractivity contribution in [1.29, 1.82) is 0 Å². The standard InChI is InChI=1S/C27H28FN3O4/c1-5-15-18(27(35,6-2)14(4)33)9-22-25-17(11-31(22)26(15)34)24-20(29-12-32)8-7-16-13(3)19(28)10-21(30-25)23(16)24/h9-10,12,20,35H,5-8,11H2,1-4H3,(H,29,32)/t20-,27+/m0/s1. The number of Topliss-reactive ketones (excluding diaryl/α,β-unsaturated/α-hetero) is 1. The van der Waals surface area contributed by atoms with Gasteiger partial charge in [-0.25, -0.2) is 9.37 Å². The van der Waals surface area contributed by atoms with Crippen LogP contribution in [0.25, 0.3) is 22.3 Å². The summed E-state index contributed by atoms with van der Waals surface area (Å²) in [6.45, 7) is 6.86. The summed E-state index contributed by atoms with van der Waals surface area (Å²) in [5, 5.41) is 15.0. The lowest BCUT2D eigenvalue weighted by Gasteiger charge is -2.28. The van der Waals surface area contributed by atoms with Crippen LogP contribution in [0.3, 0.4) is 0 Å². The van der Waals surface area contributed by atoms with E-state index >= 15 is 0 Å². The fraction of sp³-hybridized carbons (Fsp3) is 0.407. The smallest absolute Gasteiger partial charge is 0.254 e. The van der Waals surface area contributed by atoms with Gasteiger partial charge in [-0.2, -0.15) is 0 Å². The highest BCUT2D eigenvalue weighted by Gasteiger charge is 2.39. The molecule has 0 spiro atoms. The molecule has 3 heterocycles. The first-order valence-corrected chi connectivity index (χ1v) is 12.0. The molecule has 7 nitrogen and oxygen atoms in total. The molecule has 182 valence electrons. The van der Waals surface area contributed by atoms with E-state index in [0.717, 1.165) is 22.1 Å². The van der Waals surface area contributed by atoms with E-state index in [1.807, 2.05) is 6.92 Å². The first-order chi connectivity index (χ1) is 16.7. The van der Waals surface area contributed by atoms with Crippen LogP contribution in [0.2, 0.25) is 0 Å². The van der Waals surface area contributed by atoms with E-state index in [4.69, 9.17) is 4.98 Å². The normalized spacial score (nSPS) is 17.6. The molecule has 8 heteroatoms. The monoisotopic (exact) mass is 477 g/mol. The molecule has 35 heavy (non-hydrogen) atoms. The molecule has 1 aromatic carbocycles. The molecule has 2 aliphatic rings. The predicted molar refractivity (Wildman–Crippen MR) is 130 cm³/mol. The van der Waals surface area contributed by atoms with Crippen molar-refractivity contribution < 1.29 is 19.1 Å². The molecule has 0 saturated heterocycles. The zero-order valence-electron chi connectivity index (χ0n) is 20.3. The number of amides is 1. The number of pyridine rings is 2. The van der Waals surface area contributed by atoms with E-state index in [-0.39, 0.29) is 30.4 Å². The minimum absolute atomic E-state index is 0.126. The lowest BCUT2D eigenvalue weighted by atomic mass is 9.81. The molecule has 1 aliphatic carbocycles. The van der Waals surface area contributed by atoms with Crippen molar-refractivity contribution in [2.24, 2.45) is 0 Å². The average molecular weight is 478 g/mol. The number of hydrogen-bond acceptors (Lipinski definition) is 5. The fourth-order valence-corrected chi connectivity index (χ4v) is 5.93. The Morgan fingerprint density at radius 3 is 2.71 bits per heavy atom. The highest BCUT2D eigenvalue weighted by Crippen LogP contribution is 2.45. The van der Waals surface area contributed by atoms with Gasteiger partial charge in [0.2, 0.25) is 6.41 Å². The van der Waals surface area contributed by atoms with Crippen LogP contribution in [-0.2, 0) is 34.6 Å². The third-order valence-electron chi connectivity index (χ3n) is 7.90. The Kier molecular flexibility index (Phi) is 5.40. The second kappa shape index (κ2) is 8.09. The number of nitrogens with one attached hydrogen (secondary N) is 1. The molecular formula is C27H28FN3O4. The van der Waals surface area contributed by atoms with Gasteiger partial charge in [0, 0.05) is 28.1 Å². The summed E-state index contributed by atoms with van der Waals surface area (Å²) in [6.07, 6.45) is 2.37. The van der Waals surface area contributed by atoms with Crippen molar-refractivity contribution in [2.75, 3.05) is 0 Å². The van der Waals surface area contributed by atoms with Gasteiger partial charge < -0.3 is 15.0 Å². The van der Waals surface area contributed by atoms with Gasteiger partial charge in [-0.05, 0) is 62.3 Å². The highest BCUT2D eigenvalue weighted by atomic mass is 19.1. The van der Waals surface area contributed by atoms with Crippen LogP contribution in [0.5, 0.6) is 0 Å². The molecule has 0 saturated carbocycles. The molecule has 3 aromatic rings. The molecule has 1 aliphatic heterocycles. The van der Waals surface area contributed by atoms with Crippen LogP contribution in [-0.4, -0.2) is 26.9 Å². The zero-order chi connectivity index (χ0) is 25.2. The van der Waals surface area contributed by atoms with Gasteiger partial charge in [0.25, 0.3) is 5.56 Å². The maximum absolute atomic E-state index is 14.8. The van der Waals surface area contributed by atoms with Gasteiger partial charge in [0.15, 0.2) is 5.78 Å². The molecule has 0 unspecified atom stereocenters. The lowest BCUT2D eigenvalue weighted by molar-refractivity contribution is -0.136. The summed E-state index contributed by atoms with van der Waals surface area (Å²) in [4.78, 5) is 42.3. The molecule has 1 amide bonds. The third kappa shape index (κ3) is 3.12. The Labute approximate surface area is 202 Å². The summed E-state index contributed by atoms with van der Waals surface area (Å²) in [7, 11) is 0. The van der Waals surface area contributed by atoms with Crippen molar-refractivity contribution in [2.45, 2.75) is 71.6 Å². The minimum Gasteiger partial charge on any atom is -0.377 e. The van der Waals surface area contributed by atoms with Gasteiger partial charge >= 0.3 is 0 Å². The number of halogens is 1. The van der Waals surface area contributed by atoms with Crippen LogP contribution in [0.1, 0.15) is 73.0 Å². The molecule has 0 bridgehead atoms. The number of aliphatic hydroxyl groups is 1. The van der Waals surface area contributed by atoms with Gasteiger partial charge in [-0.3, -0.25) is 14.4 Å². The van der Waals surface area contributed by atoms with Crippen LogP contribution >= 0.6 is 0 Å². The number of fused-ring (bicyclic) bond motifs is 4. The van der Waals surface area contributed by atoms with E-state index in [0.29, 0.717) is 59.3 Å². The van der Waals surface area contributed by atoms with Crippen molar-refractivity contribution in [3.8, 4) is 11.4 Å². The summed E-state index contributed by atoms with van der Waals surface area (Å²) in [6, 6.07) is 2.81. The van der Waals surface area contributed by atoms with E-state index in [2.05, 4.69) is 5.32 Å². The zero-order valence-corrected chi connectivity index (χ0v) is 20.3. The Balaban J connectivity index is 1.88. The van der Waals surface area contributed by atoms with Crippen LogP contribution < -0.4 is 10.9 Å². The van der Waals surface area contributed by atoms with E-state index in [1.54, 1.807) is 24.5 Å². The van der Waals surface area contributed by atoms with Crippen molar-refractivity contribution in [3.63, 3.8) is 0 Å². The van der Waals surface area contributed by atoms with E-state index in [1.165, 1.54) is 13.0 Å². The van der Waals surface area contributed by atoms with Gasteiger partial charge in [-0.1, -0.05) is 13.8 Å². The third-order valence-corrected chi connectivity index (χ3v) is 7.90. The second-order valence-electron chi connectivity index (χ2n) is 9.52. The first-order valence-electron chi connectivity index (χ1n) is 12.0. The second-order valence-corrected chi connectivity index (χ2v) is 9.52. The highest BCUT2D eigenvalue weighted by molar-refractivity contribution is 5.93. The SMILES string of the molecule is CCc1c([C@@](O)(CC)C(C)=O)cc2n(c1=O)Cc1c-2nc2cc(F)c(C)c3c2c1[C@@H](NC=O)CC3. The van der Waals surface area contributed by atoms with Crippen molar-refractivity contribution in [1.82, 2.24) is 14.9 Å². The first kappa shape index (κ1) is 23.4. The van der Waals surface area contributed by atoms with Crippen molar-refractivity contribution >= 4 is 23.1 Å². The number of aromatic nitrogens is 2. The van der Waals surface area contributed by atoms with Crippen LogP contribution in [0.15, 0.2) is 16.9 Å². The topological polar surface area (TPSA) is 101 Å². The van der Waals surface area contributed by atoms with Crippen molar-refractivity contribution in [3.05, 3.63) is 61.7 Å². The van der Waals surface area contributed by atoms with Crippen LogP contribution in [0, 0.1) is 12.7 Å². The number of carbonyl (C=O) groups excluding carboxylic acids is 2. The Bertz CT molecular complexity index is 1490. The maximum atomic E-state index is 14.8. The molecular weight excluding hydrogens is 449 g/mol. The summed E-state index contributed by atoms with van der Waals surface area (Å²) >= 11 is 0. The molecule has 0 radical (unpaired) electrons. The molecule has 2 aromatic heterocycles. The van der Waals surface area contributed by atoms with Gasteiger partial charge in [0.05, 0.1) is 29.5 Å². The predicted octanol–water partition coefficient (Wildman–Crippen LogP) is 3.36. The summed E-state index contributed by atoms with van der Waals surface area (Å²) in [5.74, 6) is -0.779. The maximum Gasteiger partial charge on any atom is 0.254 e. The Morgan fingerprint density at radius 2 is 2.09 bits per heavy atom. The average Bonchev–Trinajstić information content (AvgIpc) is 3.21. The largest absolute Gasteiger partial charge is 0.377 e. The number of nitrogens with zero attached hydrogens (tertiary/aromatic N) is 2. The number of carbonyl (C=O) groups is 2. The molecule has 0 fully saturated rings. The molecule has 2 N–H and O–H groups in total. The number of benzene rings is 1. The van der Waals surface area contributed by atoms with Crippen LogP contribution in [0.4, 0.5) is 4.39 Å². The summed E-state index contributed by atoms with van der Waals surface area (Å²) < 4.78 is 16.4. The van der Waals surface area contributed by atoms with E-state index in [9.17, 15) is 23.9 Å². The summed E-state index contributed by atoms with van der Waals surface area (Å²) in [5.41, 5.74) is 3.22. The number of hydrogen-bond donors (Lipinski definition) is 2. The Hall–Kier alpha value is -3.39. The number of rotatable bonds is 6. The molecule has 2 atom stereocenters. The fourth-order valence-electron chi connectivity index (χ4n) is 5.93. The molecule has 5 rings (SSSR count). The Morgan fingerprint density at radius 1 is 1.34 bits per heavy atom. The van der Waals surface area contributed by atoms with E-state index < -0.39 is 11.4 Å². The number of ketones is 1.